The Hall–Kier alpha value is -2.99. The monoisotopic (exact) mass is 433 g/mol. The Morgan fingerprint density at radius 2 is 1.90 bits per heavy atom. The first-order chi connectivity index (χ1) is 15.0. The summed E-state index contributed by atoms with van der Waals surface area (Å²) in [5, 5.41) is 4.21. The lowest BCUT2D eigenvalue weighted by Crippen LogP contribution is -2.44. The van der Waals surface area contributed by atoms with Crippen LogP contribution in [0.4, 0.5) is 0 Å². The van der Waals surface area contributed by atoms with Crippen LogP contribution in [0, 0.1) is 5.41 Å². The molecule has 2 amide bonds. The molecule has 1 saturated heterocycles. The third kappa shape index (κ3) is 4.69. The van der Waals surface area contributed by atoms with Gasteiger partial charge in [0.1, 0.15) is 0 Å². The zero-order chi connectivity index (χ0) is 21.8. The topological polar surface area (TPSA) is 53.5 Å². The molecule has 3 aromatic rings. The summed E-state index contributed by atoms with van der Waals surface area (Å²) < 4.78 is 0. The summed E-state index contributed by atoms with van der Waals surface area (Å²) in [5.74, 6) is 0.139. The molecule has 0 radical (unpaired) electrons. The van der Waals surface area contributed by atoms with Crippen LogP contribution in [0.5, 0.6) is 0 Å². The molecule has 160 valence electrons. The first kappa shape index (κ1) is 21.2. The van der Waals surface area contributed by atoms with E-state index < -0.39 is 5.41 Å². The fraction of sp³-hybridized carbons (Fsp3) is 0.320. The van der Waals surface area contributed by atoms with Gasteiger partial charge in [0.05, 0.1) is 11.8 Å². The van der Waals surface area contributed by atoms with Crippen molar-refractivity contribution in [2.75, 3.05) is 27.2 Å². The number of pyridine rings is 1. The number of aromatic nitrogens is 1. The predicted octanol–water partition coefficient (Wildman–Crippen LogP) is 3.90. The highest BCUT2D eigenvalue weighted by molar-refractivity contribution is 7.08. The molecule has 1 unspecified atom stereocenters. The fourth-order valence-electron chi connectivity index (χ4n) is 4.38. The van der Waals surface area contributed by atoms with Gasteiger partial charge >= 0.3 is 0 Å². The van der Waals surface area contributed by atoms with Gasteiger partial charge in [-0.25, -0.2) is 0 Å². The van der Waals surface area contributed by atoms with Crippen LogP contribution >= 0.6 is 11.3 Å². The second-order valence-corrected chi connectivity index (χ2v) is 9.25. The molecule has 1 aliphatic rings. The number of carbonyl (C=O) groups excluding carboxylic acids is 2. The van der Waals surface area contributed by atoms with E-state index in [1.165, 1.54) is 11.1 Å². The van der Waals surface area contributed by atoms with Gasteiger partial charge < -0.3 is 9.80 Å². The summed E-state index contributed by atoms with van der Waals surface area (Å²) in [6.45, 7) is 1.06. The summed E-state index contributed by atoms with van der Waals surface area (Å²) >= 11 is 1.68. The van der Waals surface area contributed by atoms with Crippen molar-refractivity contribution in [1.29, 1.82) is 0 Å². The molecule has 0 aliphatic carbocycles. The van der Waals surface area contributed by atoms with Gasteiger partial charge in [-0.15, -0.1) is 0 Å². The van der Waals surface area contributed by atoms with Crippen LogP contribution in [0.1, 0.15) is 17.5 Å². The van der Waals surface area contributed by atoms with Crippen LogP contribution < -0.4 is 0 Å². The minimum absolute atomic E-state index is 0.0502. The molecular weight excluding hydrogens is 406 g/mol. The summed E-state index contributed by atoms with van der Waals surface area (Å²) in [5.41, 5.74) is 3.82. The molecular formula is C25H27N3O2S. The van der Waals surface area contributed by atoms with Crippen LogP contribution in [0.25, 0.3) is 11.1 Å². The van der Waals surface area contributed by atoms with Crippen LogP contribution in [-0.4, -0.2) is 53.8 Å². The maximum atomic E-state index is 13.2. The van der Waals surface area contributed by atoms with Gasteiger partial charge in [0.25, 0.3) is 0 Å². The van der Waals surface area contributed by atoms with Crippen molar-refractivity contribution in [1.82, 2.24) is 14.8 Å². The number of nitrogens with zero attached hydrogens (tertiary/aromatic N) is 3. The molecule has 1 aromatic carbocycles. The molecule has 6 heteroatoms. The van der Waals surface area contributed by atoms with Gasteiger partial charge in [-0.2, -0.15) is 11.3 Å². The van der Waals surface area contributed by atoms with Gasteiger partial charge in [0.2, 0.25) is 11.8 Å². The zero-order valence-corrected chi connectivity index (χ0v) is 18.8. The van der Waals surface area contributed by atoms with Gasteiger partial charge in [0, 0.05) is 39.6 Å². The van der Waals surface area contributed by atoms with E-state index >= 15 is 0 Å². The zero-order valence-electron chi connectivity index (χ0n) is 18.0. The minimum atomic E-state index is -0.585. The SMILES string of the molecule is CN(C)C(=O)C1(Cc2ccc(-c3ccsc3)cc2)CCN(C(=O)Cc2cccnc2)C1. The molecule has 1 aliphatic heterocycles. The highest BCUT2D eigenvalue weighted by atomic mass is 32.1. The van der Waals surface area contributed by atoms with Crippen molar-refractivity contribution in [2.24, 2.45) is 5.41 Å². The van der Waals surface area contributed by atoms with E-state index in [0.29, 0.717) is 32.4 Å². The molecule has 0 bridgehead atoms. The minimum Gasteiger partial charge on any atom is -0.348 e. The Morgan fingerprint density at radius 1 is 1.10 bits per heavy atom. The quantitative estimate of drug-likeness (QED) is 0.592. The van der Waals surface area contributed by atoms with Gasteiger partial charge in [-0.1, -0.05) is 30.3 Å². The number of carbonyl (C=O) groups is 2. The Balaban J connectivity index is 1.51. The highest BCUT2D eigenvalue weighted by Crippen LogP contribution is 2.37. The summed E-state index contributed by atoms with van der Waals surface area (Å²) in [6.07, 6.45) is 5.05. The molecule has 31 heavy (non-hydrogen) atoms. The van der Waals surface area contributed by atoms with Crippen molar-refractivity contribution >= 4 is 23.2 Å². The predicted molar refractivity (Wildman–Crippen MR) is 124 cm³/mol. The van der Waals surface area contributed by atoms with E-state index in [1.54, 1.807) is 42.7 Å². The lowest BCUT2D eigenvalue weighted by Gasteiger charge is -2.31. The molecule has 0 saturated carbocycles. The van der Waals surface area contributed by atoms with Crippen molar-refractivity contribution in [2.45, 2.75) is 19.3 Å². The number of hydrogen-bond acceptors (Lipinski definition) is 4. The third-order valence-electron chi connectivity index (χ3n) is 6.00. The molecule has 4 rings (SSSR count). The van der Waals surface area contributed by atoms with E-state index in [-0.39, 0.29) is 11.8 Å². The van der Waals surface area contributed by atoms with E-state index in [4.69, 9.17) is 0 Å². The van der Waals surface area contributed by atoms with E-state index in [1.807, 2.05) is 17.0 Å². The molecule has 3 heterocycles. The number of thiophene rings is 1. The standard InChI is InChI=1S/C25H27N3O2S/c1-27(2)24(30)25(15-19-5-7-21(8-6-19)22-9-13-31-17-22)10-12-28(18-25)23(29)14-20-4-3-11-26-16-20/h3-9,11,13,16-17H,10,12,14-15,18H2,1-2H3. The molecule has 5 nitrogen and oxygen atoms in total. The van der Waals surface area contributed by atoms with E-state index in [0.717, 1.165) is 11.1 Å². The van der Waals surface area contributed by atoms with Gasteiger partial charge in [0.15, 0.2) is 0 Å². The van der Waals surface area contributed by atoms with Crippen molar-refractivity contribution in [3.05, 3.63) is 76.7 Å². The smallest absolute Gasteiger partial charge is 0.230 e. The number of benzene rings is 1. The van der Waals surface area contributed by atoms with Crippen LogP contribution in [0.2, 0.25) is 0 Å². The molecule has 0 spiro atoms. The third-order valence-corrected chi connectivity index (χ3v) is 6.68. The van der Waals surface area contributed by atoms with E-state index in [2.05, 4.69) is 46.1 Å². The molecule has 0 N–H and O–H groups in total. The maximum Gasteiger partial charge on any atom is 0.230 e. The summed E-state index contributed by atoms with van der Waals surface area (Å²) in [7, 11) is 3.59. The average Bonchev–Trinajstić information content (AvgIpc) is 3.46. The molecule has 2 aromatic heterocycles. The van der Waals surface area contributed by atoms with Crippen molar-refractivity contribution < 1.29 is 9.59 Å². The van der Waals surface area contributed by atoms with Crippen LogP contribution in [-0.2, 0) is 22.4 Å². The molecule has 1 fully saturated rings. The normalized spacial score (nSPS) is 18.2. The second-order valence-electron chi connectivity index (χ2n) is 8.47. The first-order valence-electron chi connectivity index (χ1n) is 10.5. The Bertz CT molecular complexity index is 1030. The highest BCUT2D eigenvalue weighted by Gasteiger charge is 2.46. The Labute approximate surface area is 187 Å². The van der Waals surface area contributed by atoms with Gasteiger partial charge in [-0.05, 0) is 58.0 Å². The number of rotatable bonds is 6. The number of amides is 2. The first-order valence-corrected chi connectivity index (χ1v) is 11.4. The Morgan fingerprint density at radius 3 is 2.55 bits per heavy atom. The molecule has 1 atom stereocenters. The average molecular weight is 434 g/mol. The second kappa shape index (κ2) is 9.02. The van der Waals surface area contributed by atoms with Crippen molar-refractivity contribution in [3.8, 4) is 11.1 Å². The van der Waals surface area contributed by atoms with Crippen LogP contribution in [0.3, 0.4) is 0 Å². The lowest BCUT2D eigenvalue weighted by molar-refractivity contribution is -0.139. The summed E-state index contributed by atoms with van der Waals surface area (Å²) in [4.78, 5) is 33.7. The van der Waals surface area contributed by atoms with E-state index in [9.17, 15) is 9.59 Å². The largest absolute Gasteiger partial charge is 0.348 e. The number of hydrogen-bond donors (Lipinski definition) is 0. The Kier molecular flexibility index (Phi) is 6.18. The van der Waals surface area contributed by atoms with Crippen molar-refractivity contribution in [3.63, 3.8) is 0 Å². The maximum absolute atomic E-state index is 13.2. The fourth-order valence-corrected chi connectivity index (χ4v) is 5.04. The lowest BCUT2D eigenvalue weighted by atomic mass is 9.79. The number of likely N-dealkylation sites (tertiary alicyclic amines) is 1. The van der Waals surface area contributed by atoms with Crippen LogP contribution in [0.15, 0.2) is 65.6 Å². The summed E-state index contributed by atoms with van der Waals surface area (Å²) in [6, 6.07) is 14.3. The van der Waals surface area contributed by atoms with Gasteiger partial charge in [-0.3, -0.25) is 14.6 Å².